The van der Waals surface area contributed by atoms with Crippen LogP contribution in [-0.4, -0.2) is 30.2 Å². The molecule has 1 aliphatic rings. The Morgan fingerprint density at radius 2 is 2.22 bits per heavy atom. The van der Waals surface area contributed by atoms with Gasteiger partial charge in [-0.3, -0.25) is 0 Å². The van der Waals surface area contributed by atoms with Gasteiger partial charge in [0, 0.05) is 26.7 Å². The van der Waals surface area contributed by atoms with Crippen molar-refractivity contribution in [3.05, 3.63) is 15.1 Å². The van der Waals surface area contributed by atoms with Gasteiger partial charge in [-0.1, -0.05) is 13.8 Å². The van der Waals surface area contributed by atoms with E-state index in [1.807, 2.05) is 7.05 Å². The van der Waals surface area contributed by atoms with Gasteiger partial charge in [0.15, 0.2) is 0 Å². The summed E-state index contributed by atoms with van der Waals surface area (Å²) in [6.45, 7) is 6.07. The van der Waals surface area contributed by atoms with Crippen molar-refractivity contribution in [3.8, 4) is 0 Å². The predicted molar refractivity (Wildman–Crippen MR) is 81.0 cm³/mol. The highest BCUT2D eigenvalue weighted by atomic mass is 127. The molecular formula is C13H20IN3O. The van der Waals surface area contributed by atoms with Crippen molar-refractivity contribution in [2.24, 2.45) is 5.92 Å². The molecule has 1 aliphatic heterocycles. The van der Waals surface area contributed by atoms with Crippen LogP contribution in [0.15, 0.2) is 0 Å². The summed E-state index contributed by atoms with van der Waals surface area (Å²) >= 11 is 2.33. The molecule has 0 aromatic carbocycles. The maximum Gasteiger partial charge on any atom is 0.143 e. The zero-order valence-corrected chi connectivity index (χ0v) is 13.3. The lowest BCUT2D eigenvalue weighted by atomic mass is 10.0. The SMILES string of the molecule is CNc1nc(CC2CCOC2)nc(C(C)C)c1I. The van der Waals surface area contributed by atoms with E-state index in [0.717, 1.165) is 47.0 Å². The molecule has 0 spiro atoms. The predicted octanol–water partition coefficient (Wildman–Crippen LogP) is 2.83. The van der Waals surface area contributed by atoms with Gasteiger partial charge in [-0.2, -0.15) is 0 Å². The highest BCUT2D eigenvalue weighted by Gasteiger charge is 2.20. The number of halogens is 1. The molecule has 100 valence electrons. The van der Waals surface area contributed by atoms with E-state index < -0.39 is 0 Å². The molecule has 4 nitrogen and oxygen atoms in total. The molecule has 1 atom stereocenters. The Morgan fingerprint density at radius 1 is 1.44 bits per heavy atom. The van der Waals surface area contributed by atoms with Gasteiger partial charge in [-0.15, -0.1) is 0 Å². The van der Waals surface area contributed by atoms with Crippen LogP contribution >= 0.6 is 22.6 Å². The number of aromatic nitrogens is 2. The van der Waals surface area contributed by atoms with Crippen LogP contribution < -0.4 is 5.32 Å². The van der Waals surface area contributed by atoms with Gasteiger partial charge in [0.2, 0.25) is 0 Å². The standard InChI is InChI=1S/C13H20IN3O/c1-8(2)12-11(14)13(15-3)17-10(16-12)6-9-4-5-18-7-9/h8-9H,4-7H2,1-3H3,(H,15,16,17). The van der Waals surface area contributed by atoms with Crippen LogP contribution in [0.2, 0.25) is 0 Å². The van der Waals surface area contributed by atoms with E-state index in [1.54, 1.807) is 0 Å². The molecule has 5 heteroatoms. The van der Waals surface area contributed by atoms with Crippen LogP contribution in [0.25, 0.3) is 0 Å². The summed E-state index contributed by atoms with van der Waals surface area (Å²) in [7, 11) is 1.91. The third-order valence-corrected chi connectivity index (χ3v) is 4.27. The number of rotatable bonds is 4. The summed E-state index contributed by atoms with van der Waals surface area (Å²) in [5, 5.41) is 3.17. The van der Waals surface area contributed by atoms with Crippen LogP contribution in [0.1, 0.15) is 37.7 Å². The molecule has 1 saturated heterocycles. The number of hydrogen-bond acceptors (Lipinski definition) is 4. The Labute approximate surface area is 122 Å². The van der Waals surface area contributed by atoms with Crippen molar-refractivity contribution in [1.29, 1.82) is 0 Å². The third kappa shape index (κ3) is 3.12. The van der Waals surface area contributed by atoms with Gasteiger partial charge in [0.25, 0.3) is 0 Å². The summed E-state index contributed by atoms with van der Waals surface area (Å²) in [5.41, 5.74) is 1.14. The Morgan fingerprint density at radius 3 is 2.78 bits per heavy atom. The van der Waals surface area contributed by atoms with E-state index in [0.29, 0.717) is 11.8 Å². The lowest BCUT2D eigenvalue weighted by Gasteiger charge is -2.14. The molecule has 18 heavy (non-hydrogen) atoms. The summed E-state index contributed by atoms with van der Waals surface area (Å²) < 4.78 is 6.55. The molecule has 0 saturated carbocycles. The average molecular weight is 361 g/mol. The molecule has 1 unspecified atom stereocenters. The number of anilines is 1. The highest BCUT2D eigenvalue weighted by molar-refractivity contribution is 14.1. The van der Waals surface area contributed by atoms with Crippen molar-refractivity contribution >= 4 is 28.4 Å². The Bertz CT molecular complexity index is 417. The van der Waals surface area contributed by atoms with E-state index in [1.165, 1.54) is 0 Å². The molecule has 1 fully saturated rings. The van der Waals surface area contributed by atoms with Crippen molar-refractivity contribution in [2.45, 2.75) is 32.6 Å². The zero-order chi connectivity index (χ0) is 13.1. The molecule has 1 aromatic heterocycles. The molecule has 0 amide bonds. The molecule has 0 bridgehead atoms. The number of hydrogen-bond donors (Lipinski definition) is 1. The third-order valence-electron chi connectivity index (χ3n) is 3.20. The first-order valence-corrected chi connectivity index (χ1v) is 7.51. The lowest BCUT2D eigenvalue weighted by molar-refractivity contribution is 0.185. The summed E-state index contributed by atoms with van der Waals surface area (Å²) in [4.78, 5) is 9.34. The Kier molecular flexibility index (Phi) is 4.77. The van der Waals surface area contributed by atoms with Crippen LogP contribution in [0.5, 0.6) is 0 Å². The fraction of sp³-hybridized carbons (Fsp3) is 0.692. The van der Waals surface area contributed by atoms with E-state index >= 15 is 0 Å². The summed E-state index contributed by atoms with van der Waals surface area (Å²) in [6.07, 6.45) is 2.05. The monoisotopic (exact) mass is 361 g/mol. The van der Waals surface area contributed by atoms with Gasteiger partial charge >= 0.3 is 0 Å². The molecule has 0 aliphatic carbocycles. The minimum atomic E-state index is 0.422. The highest BCUT2D eigenvalue weighted by Crippen LogP contribution is 2.26. The van der Waals surface area contributed by atoms with Crippen molar-refractivity contribution in [2.75, 3.05) is 25.6 Å². The van der Waals surface area contributed by atoms with E-state index in [9.17, 15) is 0 Å². The van der Waals surface area contributed by atoms with Crippen molar-refractivity contribution < 1.29 is 4.74 Å². The number of nitrogens with one attached hydrogen (secondary N) is 1. The smallest absolute Gasteiger partial charge is 0.143 e. The molecule has 2 rings (SSSR count). The summed E-state index contributed by atoms with van der Waals surface area (Å²) in [5.74, 6) is 2.89. The quantitative estimate of drug-likeness (QED) is 0.838. The Balaban J connectivity index is 2.26. The van der Waals surface area contributed by atoms with Gasteiger partial charge in [0.1, 0.15) is 11.6 Å². The number of nitrogens with zero attached hydrogens (tertiary/aromatic N) is 2. The van der Waals surface area contributed by atoms with Gasteiger partial charge in [-0.05, 0) is 40.8 Å². The van der Waals surface area contributed by atoms with Crippen LogP contribution in [0.4, 0.5) is 5.82 Å². The fourth-order valence-corrected chi connectivity index (χ4v) is 3.29. The second-order valence-corrected chi connectivity index (χ2v) is 6.10. The largest absolute Gasteiger partial charge is 0.381 e. The lowest BCUT2D eigenvalue weighted by Crippen LogP contribution is -2.12. The maximum atomic E-state index is 5.41. The van der Waals surface area contributed by atoms with Gasteiger partial charge < -0.3 is 10.1 Å². The first-order chi connectivity index (χ1) is 8.61. The maximum absolute atomic E-state index is 5.41. The minimum Gasteiger partial charge on any atom is -0.381 e. The molecule has 0 radical (unpaired) electrons. The van der Waals surface area contributed by atoms with E-state index in [4.69, 9.17) is 9.72 Å². The molecule has 1 aromatic rings. The first kappa shape index (κ1) is 14.0. The van der Waals surface area contributed by atoms with E-state index in [2.05, 4.69) is 46.7 Å². The van der Waals surface area contributed by atoms with Gasteiger partial charge in [-0.25, -0.2) is 9.97 Å². The second kappa shape index (κ2) is 6.14. The first-order valence-electron chi connectivity index (χ1n) is 6.43. The summed E-state index contributed by atoms with van der Waals surface area (Å²) in [6, 6.07) is 0. The zero-order valence-electron chi connectivity index (χ0n) is 11.2. The Hall–Kier alpha value is -0.430. The molecule has 2 heterocycles. The molecular weight excluding hydrogens is 341 g/mol. The van der Waals surface area contributed by atoms with Gasteiger partial charge in [0.05, 0.1) is 9.26 Å². The fourth-order valence-electron chi connectivity index (χ4n) is 2.15. The van der Waals surface area contributed by atoms with E-state index in [-0.39, 0.29) is 0 Å². The second-order valence-electron chi connectivity index (χ2n) is 5.03. The van der Waals surface area contributed by atoms with Crippen molar-refractivity contribution in [3.63, 3.8) is 0 Å². The van der Waals surface area contributed by atoms with Crippen LogP contribution in [-0.2, 0) is 11.2 Å². The van der Waals surface area contributed by atoms with Crippen LogP contribution in [0, 0.1) is 9.49 Å². The van der Waals surface area contributed by atoms with Crippen LogP contribution in [0.3, 0.4) is 0 Å². The molecule has 1 N–H and O–H groups in total. The minimum absolute atomic E-state index is 0.422. The normalized spacial score (nSPS) is 19.5. The number of ether oxygens (including phenoxy) is 1. The topological polar surface area (TPSA) is 47.0 Å². The average Bonchev–Trinajstić information content (AvgIpc) is 2.83. The van der Waals surface area contributed by atoms with Crippen molar-refractivity contribution in [1.82, 2.24) is 9.97 Å².